The van der Waals surface area contributed by atoms with Gasteiger partial charge in [0.2, 0.25) is 5.76 Å². The lowest BCUT2D eigenvalue weighted by atomic mass is 10.0. The van der Waals surface area contributed by atoms with Gasteiger partial charge in [0.1, 0.15) is 0 Å². The topological polar surface area (TPSA) is 81.2 Å². The van der Waals surface area contributed by atoms with Crippen LogP contribution in [0.25, 0.3) is 11.5 Å². The van der Waals surface area contributed by atoms with E-state index < -0.39 is 0 Å². The second-order valence-electron chi connectivity index (χ2n) is 5.10. The van der Waals surface area contributed by atoms with Gasteiger partial charge in [-0.25, -0.2) is 4.98 Å². The van der Waals surface area contributed by atoms with Crippen molar-refractivity contribution in [3.05, 3.63) is 40.7 Å². The Kier molecular flexibility index (Phi) is 3.27. The summed E-state index contributed by atoms with van der Waals surface area (Å²) in [5.74, 6) is 0.637. The van der Waals surface area contributed by atoms with Crippen molar-refractivity contribution in [2.75, 3.05) is 5.32 Å². The number of nitrogens with one attached hydrogen (secondary N) is 1. The summed E-state index contributed by atoms with van der Waals surface area (Å²) in [5, 5.41) is 7.19. The zero-order valence-electron chi connectivity index (χ0n) is 11.7. The van der Waals surface area contributed by atoms with Gasteiger partial charge in [0.25, 0.3) is 5.91 Å². The van der Waals surface area contributed by atoms with Gasteiger partial charge in [-0.2, -0.15) is 0 Å². The Morgan fingerprint density at radius 2 is 2.18 bits per heavy atom. The summed E-state index contributed by atoms with van der Waals surface area (Å²) in [4.78, 5) is 18.0. The molecule has 1 aliphatic rings. The number of rotatable bonds is 3. The van der Waals surface area contributed by atoms with Crippen molar-refractivity contribution in [1.82, 2.24) is 10.1 Å². The highest BCUT2D eigenvalue weighted by Gasteiger charge is 2.19. The van der Waals surface area contributed by atoms with E-state index in [1.54, 1.807) is 29.5 Å². The zero-order valence-corrected chi connectivity index (χ0v) is 12.5. The largest absolute Gasteiger partial charge is 0.461 e. The minimum atomic E-state index is -0.326. The Bertz CT molecular complexity index is 780. The molecule has 22 heavy (non-hydrogen) atoms. The maximum absolute atomic E-state index is 12.2. The van der Waals surface area contributed by atoms with Crippen LogP contribution in [0.5, 0.6) is 0 Å². The first-order chi connectivity index (χ1) is 10.8. The van der Waals surface area contributed by atoms with Crippen LogP contribution in [0.4, 0.5) is 5.13 Å². The highest BCUT2D eigenvalue weighted by Crippen LogP contribution is 2.30. The lowest BCUT2D eigenvalue weighted by Gasteiger charge is -2.06. The van der Waals surface area contributed by atoms with Crippen LogP contribution >= 0.6 is 11.3 Å². The Balaban J connectivity index is 1.51. The molecule has 0 radical (unpaired) electrons. The number of amides is 1. The Morgan fingerprint density at radius 3 is 3.00 bits per heavy atom. The second kappa shape index (κ2) is 5.42. The Hall–Kier alpha value is -2.41. The average Bonchev–Trinajstić information content (AvgIpc) is 3.26. The van der Waals surface area contributed by atoms with Crippen LogP contribution in [-0.4, -0.2) is 16.0 Å². The van der Waals surface area contributed by atoms with Crippen LogP contribution < -0.4 is 5.32 Å². The van der Waals surface area contributed by atoms with Crippen LogP contribution in [0.3, 0.4) is 0 Å². The Labute approximate surface area is 130 Å². The summed E-state index contributed by atoms with van der Waals surface area (Å²) in [6.07, 6.45) is 5.94. The Morgan fingerprint density at radius 1 is 1.27 bits per heavy atom. The number of hydrogen-bond acceptors (Lipinski definition) is 6. The lowest BCUT2D eigenvalue weighted by Crippen LogP contribution is -2.12. The second-order valence-corrected chi connectivity index (χ2v) is 6.19. The standard InChI is InChI=1S/C15H13N3O3S/c19-14(10-8-12(21-18-10)11-5-3-7-20-11)17-15-16-9-4-1-2-6-13(9)22-15/h3,5,7-8H,1-2,4,6H2,(H,16,17,19). The van der Waals surface area contributed by atoms with Crippen molar-refractivity contribution in [3.8, 4) is 11.5 Å². The molecule has 0 fully saturated rings. The number of hydrogen-bond donors (Lipinski definition) is 1. The van der Waals surface area contributed by atoms with Crippen LogP contribution in [0, 0.1) is 0 Å². The summed E-state index contributed by atoms with van der Waals surface area (Å²) in [6, 6.07) is 5.05. The van der Waals surface area contributed by atoms with Crippen LogP contribution in [0.2, 0.25) is 0 Å². The van der Waals surface area contributed by atoms with E-state index in [-0.39, 0.29) is 11.6 Å². The molecule has 1 amide bonds. The molecule has 0 unspecified atom stereocenters. The molecule has 0 saturated heterocycles. The summed E-state index contributed by atoms with van der Waals surface area (Å²) in [7, 11) is 0. The molecule has 7 heteroatoms. The summed E-state index contributed by atoms with van der Waals surface area (Å²) in [6.45, 7) is 0. The highest BCUT2D eigenvalue weighted by molar-refractivity contribution is 7.15. The van der Waals surface area contributed by atoms with Crippen LogP contribution in [-0.2, 0) is 12.8 Å². The van der Waals surface area contributed by atoms with Crippen LogP contribution in [0.1, 0.15) is 33.9 Å². The molecule has 1 N–H and O–H groups in total. The fraction of sp³-hybridized carbons (Fsp3) is 0.267. The molecule has 0 aromatic carbocycles. The van der Waals surface area contributed by atoms with Gasteiger partial charge in [-0.3, -0.25) is 10.1 Å². The molecule has 0 spiro atoms. The molecule has 0 atom stereocenters. The number of anilines is 1. The minimum absolute atomic E-state index is 0.208. The average molecular weight is 315 g/mol. The van der Waals surface area contributed by atoms with Gasteiger partial charge >= 0.3 is 0 Å². The van der Waals surface area contributed by atoms with E-state index in [2.05, 4.69) is 15.5 Å². The molecule has 0 saturated carbocycles. The van der Waals surface area contributed by atoms with Crippen molar-refractivity contribution in [3.63, 3.8) is 0 Å². The molecule has 3 aromatic heterocycles. The van der Waals surface area contributed by atoms with Crippen molar-refractivity contribution in [2.24, 2.45) is 0 Å². The summed E-state index contributed by atoms with van der Waals surface area (Å²) in [5.41, 5.74) is 1.32. The molecule has 3 heterocycles. The van der Waals surface area contributed by atoms with Gasteiger partial charge in [0.05, 0.1) is 12.0 Å². The van der Waals surface area contributed by atoms with Crippen molar-refractivity contribution in [2.45, 2.75) is 25.7 Å². The van der Waals surface area contributed by atoms with E-state index >= 15 is 0 Å². The fourth-order valence-corrected chi connectivity index (χ4v) is 3.53. The van der Waals surface area contributed by atoms with E-state index in [4.69, 9.17) is 8.94 Å². The number of aryl methyl sites for hydroxylation is 2. The molecule has 0 aliphatic heterocycles. The van der Waals surface area contributed by atoms with Crippen LogP contribution in [0.15, 0.2) is 33.4 Å². The molecule has 3 aromatic rings. The zero-order chi connectivity index (χ0) is 14.9. The molecular formula is C15H13N3O3S. The first-order valence-corrected chi connectivity index (χ1v) is 7.92. The van der Waals surface area contributed by atoms with Crippen molar-refractivity contribution < 1.29 is 13.7 Å². The van der Waals surface area contributed by atoms with E-state index in [0.717, 1.165) is 18.5 Å². The fourth-order valence-electron chi connectivity index (χ4n) is 2.48. The third kappa shape index (κ3) is 2.43. The monoisotopic (exact) mass is 315 g/mol. The third-order valence-corrected chi connectivity index (χ3v) is 4.65. The third-order valence-electron chi connectivity index (χ3n) is 3.57. The molecule has 6 nitrogen and oxygen atoms in total. The quantitative estimate of drug-likeness (QED) is 0.799. The van der Waals surface area contributed by atoms with Gasteiger partial charge in [-0.05, 0) is 37.8 Å². The SMILES string of the molecule is O=C(Nc1nc2c(s1)CCCC2)c1cc(-c2ccco2)on1. The van der Waals surface area contributed by atoms with Gasteiger partial charge in [-0.15, -0.1) is 11.3 Å². The van der Waals surface area contributed by atoms with Crippen molar-refractivity contribution in [1.29, 1.82) is 0 Å². The van der Waals surface area contributed by atoms with Gasteiger partial charge in [0, 0.05) is 10.9 Å². The van der Waals surface area contributed by atoms with Gasteiger partial charge in [-0.1, -0.05) is 5.16 Å². The first-order valence-electron chi connectivity index (χ1n) is 7.10. The predicted octanol–water partition coefficient (Wildman–Crippen LogP) is 3.52. The summed E-state index contributed by atoms with van der Waals surface area (Å²) >= 11 is 1.54. The highest BCUT2D eigenvalue weighted by atomic mass is 32.1. The van der Waals surface area contributed by atoms with E-state index in [1.165, 1.54) is 24.0 Å². The molecule has 0 bridgehead atoms. The van der Waals surface area contributed by atoms with E-state index in [9.17, 15) is 4.79 Å². The normalized spacial score (nSPS) is 13.8. The number of carbonyl (C=O) groups excluding carboxylic acids is 1. The number of aromatic nitrogens is 2. The summed E-state index contributed by atoms with van der Waals surface area (Å²) < 4.78 is 10.3. The first kappa shape index (κ1) is 13.3. The number of nitrogens with zero attached hydrogens (tertiary/aromatic N) is 2. The number of furan rings is 1. The number of fused-ring (bicyclic) bond motifs is 1. The molecule has 4 rings (SSSR count). The lowest BCUT2D eigenvalue weighted by molar-refractivity contribution is 0.101. The molecule has 1 aliphatic carbocycles. The maximum Gasteiger partial charge on any atom is 0.279 e. The number of carbonyl (C=O) groups is 1. The molecule has 112 valence electrons. The van der Waals surface area contributed by atoms with E-state index in [0.29, 0.717) is 16.7 Å². The van der Waals surface area contributed by atoms with Gasteiger partial charge < -0.3 is 8.94 Å². The molecular weight excluding hydrogens is 302 g/mol. The van der Waals surface area contributed by atoms with Gasteiger partial charge in [0.15, 0.2) is 16.6 Å². The minimum Gasteiger partial charge on any atom is -0.461 e. The van der Waals surface area contributed by atoms with Crippen molar-refractivity contribution >= 4 is 22.4 Å². The smallest absolute Gasteiger partial charge is 0.279 e. The van der Waals surface area contributed by atoms with E-state index in [1.807, 2.05) is 0 Å². The predicted molar refractivity (Wildman–Crippen MR) is 80.9 cm³/mol. The number of thiazole rings is 1. The maximum atomic E-state index is 12.2.